The second-order valence-electron chi connectivity index (χ2n) is 7.89. The number of nitrogens with zero attached hydrogens (tertiary/aromatic N) is 1. The van der Waals surface area contributed by atoms with E-state index in [1.165, 1.54) is 11.1 Å². The number of morpholine rings is 1. The minimum Gasteiger partial charge on any atom is -0.370 e. The van der Waals surface area contributed by atoms with Crippen LogP contribution in [-0.2, 0) is 11.2 Å². The van der Waals surface area contributed by atoms with Crippen molar-refractivity contribution in [3.63, 3.8) is 0 Å². The molecule has 0 amide bonds. The molecule has 0 spiro atoms. The molecule has 3 aromatic rings. The van der Waals surface area contributed by atoms with Crippen molar-refractivity contribution in [2.24, 2.45) is 0 Å². The zero-order valence-corrected chi connectivity index (χ0v) is 16.8. The van der Waals surface area contributed by atoms with Crippen LogP contribution < -0.4 is 0 Å². The van der Waals surface area contributed by atoms with Gasteiger partial charge in [-0.15, -0.1) is 0 Å². The Kier molecular flexibility index (Phi) is 6.18. The number of Topliss-reactive ketones (excluding diaryl/α,β-unsaturated/α-hetero) is 1. The molecule has 0 N–H and O–H groups in total. The summed E-state index contributed by atoms with van der Waals surface area (Å²) in [5.74, 6) is 0.222. The SMILES string of the molecule is O=C(C[N+]1(CCc2ccccc2)CCOCC1)c1ccc(-c2ccccc2)cc1. The van der Waals surface area contributed by atoms with E-state index >= 15 is 0 Å². The number of benzene rings is 3. The van der Waals surface area contributed by atoms with Gasteiger partial charge in [0.15, 0.2) is 0 Å². The minimum absolute atomic E-state index is 0.222. The summed E-state index contributed by atoms with van der Waals surface area (Å²) in [4.78, 5) is 13.1. The highest BCUT2D eigenvalue weighted by atomic mass is 16.5. The molecule has 0 bridgehead atoms. The Morgan fingerprint density at radius 1 is 0.759 bits per heavy atom. The third-order valence-corrected chi connectivity index (χ3v) is 5.93. The summed E-state index contributed by atoms with van der Waals surface area (Å²) in [5.41, 5.74) is 4.44. The standard InChI is InChI=1S/C26H28NO2/c28-26(25-13-11-24(12-14-25)23-9-5-2-6-10-23)21-27(17-19-29-20-18-27)16-15-22-7-3-1-4-8-22/h1-14H,15-21H2/q+1. The van der Waals surface area contributed by atoms with Crippen LogP contribution in [0.1, 0.15) is 15.9 Å². The number of carbonyl (C=O) groups is 1. The van der Waals surface area contributed by atoms with Gasteiger partial charge in [-0.1, -0.05) is 84.9 Å². The van der Waals surface area contributed by atoms with Crippen molar-refractivity contribution in [1.82, 2.24) is 0 Å². The quantitative estimate of drug-likeness (QED) is 0.437. The zero-order valence-electron chi connectivity index (χ0n) is 16.8. The van der Waals surface area contributed by atoms with Crippen LogP contribution in [0.2, 0.25) is 0 Å². The maximum absolute atomic E-state index is 13.1. The minimum atomic E-state index is 0.222. The Morgan fingerprint density at radius 2 is 1.34 bits per heavy atom. The van der Waals surface area contributed by atoms with Gasteiger partial charge in [-0.25, -0.2) is 0 Å². The fourth-order valence-corrected chi connectivity index (χ4v) is 4.08. The van der Waals surface area contributed by atoms with E-state index in [1.54, 1.807) is 0 Å². The van der Waals surface area contributed by atoms with Gasteiger partial charge in [0.1, 0.15) is 19.6 Å². The van der Waals surface area contributed by atoms with Crippen molar-refractivity contribution >= 4 is 5.78 Å². The Hall–Kier alpha value is -2.75. The molecule has 148 valence electrons. The van der Waals surface area contributed by atoms with Crippen molar-refractivity contribution < 1.29 is 14.0 Å². The van der Waals surface area contributed by atoms with E-state index < -0.39 is 0 Å². The molecule has 0 saturated carbocycles. The molecular formula is C26H28NO2+. The molecule has 1 heterocycles. The van der Waals surface area contributed by atoms with Crippen molar-refractivity contribution in [1.29, 1.82) is 0 Å². The smallest absolute Gasteiger partial charge is 0.216 e. The molecule has 1 fully saturated rings. The highest BCUT2D eigenvalue weighted by Crippen LogP contribution is 2.21. The Morgan fingerprint density at radius 3 is 2.00 bits per heavy atom. The van der Waals surface area contributed by atoms with Crippen molar-refractivity contribution in [2.45, 2.75) is 6.42 Å². The molecule has 0 aromatic heterocycles. The molecule has 29 heavy (non-hydrogen) atoms. The first kappa shape index (κ1) is 19.6. The van der Waals surface area contributed by atoms with Crippen LogP contribution in [0.5, 0.6) is 0 Å². The molecule has 3 heteroatoms. The fraction of sp³-hybridized carbons (Fsp3) is 0.269. The monoisotopic (exact) mass is 386 g/mol. The molecule has 1 aliphatic heterocycles. The lowest BCUT2D eigenvalue weighted by atomic mass is 10.0. The normalized spacial score (nSPS) is 15.7. The molecule has 0 radical (unpaired) electrons. The largest absolute Gasteiger partial charge is 0.370 e. The van der Waals surface area contributed by atoms with Crippen LogP contribution in [0, 0.1) is 0 Å². The molecule has 1 aliphatic rings. The van der Waals surface area contributed by atoms with Crippen LogP contribution >= 0.6 is 0 Å². The highest BCUT2D eigenvalue weighted by Gasteiger charge is 2.33. The predicted octanol–water partition coefficient (Wildman–Crippen LogP) is 4.63. The molecule has 0 aliphatic carbocycles. The Bertz CT molecular complexity index is 914. The number of quaternary nitrogens is 1. The summed E-state index contributed by atoms with van der Waals surface area (Å²) < 4.78 is 6.42. The average Bonchev–Trinajstić information content (AvgIpc) is 2.80. The van der Waals surface area contributed by atoms with Crippen molar-refractivity contribution in [2.75, 3.05) is 39.4 Å². The molecule has 1 saturated heterocycles. The van der Waals surface area contributed by atoms with Gasteiger partial charge >= 0.3 is 0 Å². The molecule has 3 aromatic carbocycles. The number of ketones is 1. The summed E-state index contributed by atoms with van der Waals surface area (Å²) in [7, 11) is 0. The summed E-state index contributed by atoms with van der Waals surface area (Å²) in [6, 6.07) is 28.9. The van der Waals surface area contributed by atoms with E-state index in [9.17, 15) is 4.79 Å². The maximum atomic E-state index is 13.1. The highest BCUT2D eigenvalue weighted by molar-refractivity contribution is 5.97. The molecule has 0 unspecified atom stereocenters. The number of hydrogen-bond acceptors (Lipinski definition) is 2. The van der Waals surface area contributed by atoms with Crippen LogP contribution in [0.3, 0.4) is 0 Å². The van der Waals surface area contributed by atoms with Gasteiger partial charge in [-0.2, -0.15) is 0 Å². The molecule has 3 nitrogen and oxygen atoms in total. The van der Waals surface area contributed by atoms with E-state index in [0.717, 1.165) is 54.9 Å². The third-order valence-electron chi connectivity index (χ3n) is 5.93. The van der Waals surface area contributed by atoms with Gasteiger partial charge in [0.05, 0.1) is 19.8 Å². The lowest BCUT2D eigenvalue weighted by Crippen LogP contribution is -2.58. The van der Waals surface area contributed by atoms with Crippen LogP contribution in [0.25, 0.3) is 11.1 Å². The van der Waals surface area contributed by atoms with E-state index in [0.29, 0.717) is 6.54 Å². The van der Waals surface area contributed by atoms with Crippen molar-refractivity contribution in [3.8, 4) is 11.1 Å². The van der Waals surface area contributed by atoms with E-state index in [1.807, 2.05) is 36.4 Å². The summed E-state index contributed by atoms with van der Waals surface area (Å²) in [6.07, 6.45) is 0.987. The summed E-state index contributed by atoms with van der Waals surface area (Å²) in [5, 5.41) is 0. The average molecular weight is 387 g/mol. The van der Waals surface area contributed by atoms with Gasteiger partial charge < -0.3 is 9.22 Å². The van der Waals surface area contributed by atoms with Crippen molar-refractivity contribution in [3.05, 3.63) is 96.1 Å². The first-order chi connectivity index (χ1) is 14.2. The number of rotatable bonds is 7. The van der Waals surface area contributed by atoms with Crippen LogP contribution in [0.15, 0.2) is 84.9 Å². The number of carbonyl (C=O) groups excluding carboxylic acids is 1. The second-order valence-corrected chi connectivity index (χ2v) is 7.89. The van der Waals surface area contributed by atoms with Crippen LogP contribution in [-0.4, -0.2) is 49.7 Å². The van der Waals surface area contributed by atoms with Gasteiger partial charge in [-0.05, 0) is 16.7 Å². The molecule has 0 atom stereocenters. The third kappa shape index (κ3) is 5.00. The fourth-order valence-electron chi connectivity index (χ4n) is 4.08. The first-order valence-corrected chi connectivity index (χ1v) is 10.4. The lowest BCUT2D eigenvalue weighted by molar-refractivity contribution is -0.927. The topological polar surface area (TPSA) is 26.3 Å². The zero-order chi connectivity index (χ0) is 19.9. The van der Waals surface area contributed by atoms with E-state index in [2.05, 4.69) is 48.5 Å². The molecule has 4 rings (SSSR count). The van der Waals surface area contributed by atoms with Gasteiger partial charge in [-0.3, -0.25) is 4.79 Å². The van der Waals surface area contributed by atoms with Crippen LogP contribution in [0.4, 0.5) is 0 Å². The Balaban J connectivity index is 1.46. The lowest BCUT2D eigenvalue weighted by Gasteiger charge is -2.41. The van der Waals surface area contributed by atoms with E-state index in [-0.39, 0.29) is 5.78 Å². The maximum Gasteiger partial charge on any atom is 0.216 e. The molecular weight excluding hydrogens is 358 g/mol. The predicted molar refractivity (Wildman–Crippen MR) is 117 cm³/mol. The Labute approximate surface area is 173 Å². The number of ether oxygens (including phenoxy) is 1. The van der Waals surface area contributed by atoms with E-state index in [4.69, 9.17) is 4.74 Å². The summed E-state index contributed by atoms with van der Waals surface area (Å²) in [6.45, 7) is 4.79. The summed E-state index contributed by atoms with van der Waals surface area (Å²) >= 11 is 0. The van der Waals surface area contributed by atoms with Gasteiger partial charge in [0, 0.05) is 12.0 Å². The van der Waals surface area contributed by atoms with Gasteiger partial charge in [0.25, 0.3) is 0 Å². The van der Waals surface area contributed by atoms with Gasteiger partial charge in [0.2, 0.25) is 5.78 Å². The number of hydrogen-bond donors (Lipinski definition) is 0. The first-order valence-electron chi connectivity index (χ1n) is 10.4. The second kappa shape index (κ2) is 9.17.